The van der Waals surface area contributed by atoms with Gasteiger partial charge in [-0.1, -0.05) is 0 Å². The standard InChI is InChI=1S/C12H13FN2O5/c1-14(6-5-11(16)20-2)12(17)9-4-3-8(13)7-10(9)15(18)19/h3-4,7H,5-6H2,1-2H3. The van der Waals surface area contributed by atoms with E-state index in [1.165, 1.54) is 14.2 Å². The Kier molecular flexibility index (Phi) is 5.13. The summed E-state index contributed by atoms with van der Waals surface area (Å²) in [5.41, 5.74) is -0.844. The highest BCUT2D eigenvalue weighted by molar-refractivity contribution is 5.98. The summed E-state index contributed by atoms with van der Waals surface area (Å²) in [7, 11) is 2.60. The molecule has 0 saturated carbocycles. The van der Waals surface area contributed by atoms with E-state index in [1.807, 2.05) is 0 Å². The Labute approximate surface area is 114 Å². The molecule has 0 N–H and O–H groups in total. The molecule has 0 bridgehead atoms. The predicted octanol–water partition coefficient (Wildman–Crippen LogP) is 1.37. The number of amides is 1. The molecule has 0 spiro atoms. The maximum atomic E-state index is 13.0. The van der Waals surface area contributed by atoms with Gasteiger partial charge in [-0.3, -0.25) is 19.7 Å². The second-order valence-corrected chi connectivity index (χ2v) is 3.97. The van der Waals surface area contributed by atoms with Crippen molar-refractivity contribution >= 4 is 17.6 Å². The smallest absolute Gasteiger partial charge is 0.307 e. The van der Waals surface area contributed by atoms with Gasteiger partial charge >= 0.3 is 5.97 Å². The molecular weight excluding hydrogens is 271 g/mol. The van der Waals surface area contributed by atoms with Gasteiger partial charge in [0.05, 0.1) is 24.5 Å². The van der Waals surface area contributed by atoms with E-state index in [0.29, 0.717) is 6.07 Å². The van der Waals surface area contributed by atoms with E-state index in [4.69, 9.17) is 0 Å². The number of rotatable bonds is 5. The minimum Gasteiger partial charge on any atom is -0.469 e. The molecular formula is C12H13FN2O5. The zero-order chi connectivity index (χ0) is 15.3. The summed E-state index contributed by atoms with van der Waals surface area (Å²) in [5, 5.41) is 10.8. The lowest BCUT2D eigenvalue weighted by molar-refractivity contribution is -0.385. The lowest BCUT2D eigenvalue weighted by atomic mass is 10.1. The fourth-order valence-corrected chi connectivity index (χ4v) is 1.50. The Bertz CT molecular complexity index is 547. The van der Waals surface area contributed by atoms with E-state index in [9.17, 15) is 24.1 Å². The van der Waals surface area contributed by atoms with E-state index in [0.717, 1.165) is 17.0 Å². The molecule has 0 aliphatic rings. The van der Waals surface area contributed by atoms with Crippen LogP contribution in [0.25, 0.3) is 0 Å². The Morgan fingerprint density at radius 3 is 2.65 bits per heavy atom. The van der Waals surface area contributed by atoms with E-state index in [2.05, 4.69) is 4.74 Å². The van der Waals surface area contributed by atoms with Crippen molar-refractivity contribution in [1.82, 2.24) is 4.90 Å². The van der Waals surface area contributed by atoms with Crippen molar-refractivity contribution in [3.05, 3.63) is 39.7 Å². The van der Waals surface area contributed by atoms with Crippen LogP contribution in [-0.2, 0) is 9.53 Å². The first-order valence-corrected chi connectivity index (χ1v) is 5.63. The van der Waals surface area contributed by atoms with Crippen LogP contribution in [0.5, 0.6) is 0 Å². The zero-order valence-electron chi connectivity index (χ0n) is 11.0. The Hall–Kier alpha value is -2.51. The first-order valence-electron chi connectivity index (χ1n) is 5.63. The van der Waals surface area contributed by atoms with Gasteiger partial charge < -0.3 is 9.64 Å². The largest absolute Gasteiger partial charge is 0.469 e. The summed E-state index contributed by atoms with van der Waals surface area (Å²) in [6, 6.07) is 2.69. The SMILES string of the molecule is COC(=O)CCN(C)C(=O)c1ccc(F)cc1[N+](=O)[O-]. The number of hydrogen-bond donors (Lipinski definition) is 0. The number of ether oxygens (including phenoxy) is 1. The van der Waals surface area contributed by atoms with Crippen molar-refractivity contribution in [2.75, 3.05) is 20.7 Å². The fraction of sp³-hybridized carbons (Fsp3) is 0.333. The van der Waals surface area contributed by atoms with Gasteiger partial charge in [0, 0.05) is 13.6 Å². The van der Waals surface area contributed by atoms with Crippen LogP contribution in [-0.4, -0.2) is 42.4 Å². The molecule has 0 aliphatic heterocycles. The molecule has 1 aromatic carbocycles. The first-order chi connectivity index (χ1) is 9.36. The molecule has 1 amide bonds. The number of carbonyl (C=O) groups excluding carboxylic acids is 2. The maximum absolute atomic E-state index is 13.0. The van der Waals surface area contributed by atoms with Crippen LogP contribution < -0.4 is 0 Å². The van der Waals surface area contributed by atoms with Crippen LogP contribution in [0.2, 0.25) is 0 Å². The molecule has 0 fully saturated rings. The third-order valence-electron chi connectivity index (χ3n) is 2.61. The number of hydrogen-bond acceptors (Lipinski definition) is 5. The lowest BCUT2D eigenvalue weighted by Crippen LogP contribution is -2.29. The molecule has 0 atom stereocenters. The van der Waals surface area contributed by atoms with Gasteiger partial charge in [0.2, 0.25) is 0 Å². The van der Waals surface area contributed by atoms with Crippen LogP contribution in [0, 0.1) is 15.9 Å². The number of nitro groups is 1. The fourth-order valence-electron chi connectivity index (χ4n) is 1.50. The number of halogens is 1. The summed E-state index contributed by atoms with van der Waals surface area (Å²) in [6.07, 6.45) is -0.0340. The molecule has 0 radical (unpaired) electrons. The Morgan fingerprint density at radius 1 is 1.45 bits per heavy atom. The molecule has 0 unspecified atom stereocenters. The minimum absolute atomic E-state index is 0.0340. The molecule has 7 nitrogen and oxygen atoms in total. The number of methoxy groups -OCH3 is 1. The van der Waals surface area contributed by atoms with Gasteiger partial charge in [-0.2, -0.15) is 0 Å². The molecule has 8 heteroatoms. The number of esters is 1. The average Bonchev–Trinajstić information content (AvgIpc) is 2.43. The van der Waals surface area contributed by atoms with Crippen molar-refractivity contribution in [3.63, 3.8) is 0 Å². The number of carbonyl (C=O) groups is 2. The predicted molar refractivity (Wildman–Crippen MR) is 66.6 cm³/mol. The van der Waals surface area contributed by atoms with E-state index in [1.54, 1.807) is 0 Å². The average molecular weight is 284 g/mol. The molecule has 1 rings (SSSR count). The highest BCUT2D eigenvalue weighted by Gasteiger charge is 2.23. The second-order valence-electron chi connectivity index (χ2n) is 3.97. The maximum Gasteiger partial charge on any atom is 0.307 e. The Morgan fingerprint density at radius 2 is 2.10 bits per heavy atom. The number of benzene rings is 1. The van der Waals surface area contributed by atoms with Gasteiger partial charge in [0.25, 0.3) is 11.6 Å². The monoisotopic (exact) mass is 284 g/mol. The molecule has 0 aromatic heterocycles. The van der Waals surface area contributed by atoms with Crippen molar-refractivity contribution in [2.45, 2.75) is 6.42 Å². The molecule has 1 aromatic rings. The quantitative estimate of drug-likeness (QED) is 0.462. The van der Waals surface area contributed by atoms with Gasteiger partial charge in [0.1, 0.15) is 11.4 Å². The van der Waals surface area contributed by atoms with Gasteiger partial charge in [-0.25, -0.2) is 4.39 Å². The molecule has 20 heavy (non-hydrogen) atoms. The number of nitro benzene ring substituents is 1. The van der Waals surface area contributed by atoms with E-state index < -0.39 is 28.3 Å². The molecule has 0 saturated heterocycles. The summed E-state index contributed by atoms with van der Waals surface area (Å²) < 4.78 is 17.4. The molecule has 108 valence electrons. The van der Waals surface area contributed by atoms with Crippen LogP contribution >= 0.6 is 0 Å². The normalized spacial score (nSPS) is 9.95. The highest BCUT2D eigenvalue weighted by atomic mass is 19.1. The minimum atomic E-state index is -0.829. The summed E-state index contributed by atoms with van der Waals surface area (Å²) >= 11 is 0. The van der Waals surface area contributed by atoms with Crippen molar-refractivity contribution in [2.24, 2.45) is 0 Å². The summed E-state index contributed by atoms with van der Waals surface area (Å²) in [4.78, 5) is 34.1. The van der Waals surface area contributed by atoms with Crippen molar-refractivity contribution in [3.8, 4) is 0 Å². The third kappa shape index (κ3) is 3.74. The second kappa shape index (κ2) is 6.60. The topological polar surface area (TPSA) is 89.8 Å². The summed E-state index contributed by atoms with van der Waals surface area (Å²) in [6.45, 7) is 0.0417. The lowest BCUT2D eigenvalue weighted by Gasteiger charge is -2.16. The van der Waals surface area contributed by atoms with Crippen LogP contribution in [0.1, 0.15) is 16.8 Å². The first kappa shape index (κ1) is 15.5. The zero-order valence-corrected chi connectivity index (χ0v) is 11.0. The van der Waals surface area contributed by atoms with Gasteiger partial charge in [-0.15, -0.1) is 0 Å². The van der Waals surface area contributed by atoms with Gasteiger partial charge in [0.15, 0.2) is 0 Å². The van der Waals surface area contributed by atoms with Crippen LogP contribution in [0.3, 0.4) is 0 Å². The summed E-state index contributed by atoms with van der Waals surface area (Å²) in [5.74, 6) is -1.97. The highest BCUT2D eigenvalue weighted by Crippen LogP contribution is 2.21. The van der Waals surface area contributed by atoms with Crippen LogP contribution in [0.15, 0.2) is 18.2 Å². The number of nitrogens with zero attached hydrogens (tertiary/aromatic N) is 2. The van der Waals surface area contributed by atoms with Crippen molar-refractivity contribution < 1.29 is 23.6 Å². The van der Waals surface area contributed by atoms with Crippen molar-refractivity contribution in [1.29, 1.82) is 0 Å². The van der Waals surface area contributed by atoms with Gasteiger partial charge in [-0.05, 0) is 12.1 Å². The molecule has 0 aliphatic carbocycles. The van der Waals surface area contributed by atoms with E-state index >= 15 is 0 Å². The molecule has 0 heterocycles. The van der Waals surface area contributed by atoms with Crippen LogP contribution in [0.4, 0.5) is 10.1 Å². The third-order valence-corrected chi connectivity index (χ3v) is 2.61. The Balaban J connectivity index is 2.91. The van der Waals surface area contributed by atoms with E-state index in [-0.39, 0.29) is 18.5 Å².